The summed E-state index contributed by atoms with van der Waals surface area (Å²) in [5.74, 6) is 0.948. The third-order valence-electron chi connectivity index (χ3n) is 3.76. The smallest absolute Gasteiger partial charge is 0.146 e. The van der Waals surface area contributed by atoms with Gasteiger partial charge >= 0.3 is 0 Å². The highest BCUT2D eigenvalue weighted by atomic mass is 16.4. The van der Waals surface area contributed by atoms with Crippen LogP contribution in [0.1, 0.15) is 37.7 Å². The number of hydrogen-bond acceptors (Lipinski definition) is 5. The van der Waals surface area contributed by atoms with Gasteiger partial charge in [0.15, 0.2) is 0 Å². The molecule has 0 spiro atoms. The number of anilines is 1. The molecule has 0 saturated heterocycles. The highest BCUT2D eigenvalue weighted by Crippen LogP contribution is 2.28. The number of nitrogens with zero attached hydrogens (tertiary/aromatic N) is 5. The first kappa shape index (κ1) is 13.6. The SMILES string of the molecule is CC(C)n1ncnc1CN1CCC(=NO)c2ccccc21. The van der Waals surface area contributed by atoms with E-state index in [-0.39, 0.29) is 6.04 Å². The van der Waals surface area contributed by atoms with Crippen molar-refractivity contribution in [2.45, 2.75) is 32.9 Å². The van der Waals surface area contributed by atoms with Crippen LogP contribution >= 0.6 is 0 Å². The zero-order valence-electron chi connectivity index (χ0n) is 12.3. The van der Waals surface area contributed by atoms with Crippen molar-refractivity contribution in [3.8, 4) is 0 Å². The predicted molar refractivity (Wildman–Crippen MR) is 80.8 cm³/mol. The van der Waals surface area contributed by atoms with E-state index in [0.717, 1.165) is 35.8 Å². The second kappa shape index (κ2) is 5.55. The third-order valence-corrected chi connectivity index (χ3v) is 3.76. The van der Waals surface area contributed by atoms with E-state index in [0.29, 0.717) is 6.54 Å². The highest BCUT2D eigenvalue weighted by Gasteiger charge is 2.23. The molecule has 0 unspecified atom stereocenters. The molecule has 6 nitrogen and oxygen atoms in total. The number of aromatic nitrogens is 3. The van der Waals surface area contributed by atoms with E-state index < -0.39 is 0 Å². The molecule has 1 aromatic heterocycles. The molecular weight excluding hydrogens is 266 g/mol. The average molecular weight is 285 g/mol. The minimum Gasteiger partial charge on any atom is -0.411 e. The van der Waals surface area contributed by atoms with Crippen LogP contribution in [0, 0.1) is 0 Å². The summed E-state index contributed by atoms with van der Waals surface area (Å²) in [6, 6.07) is 8.29. The lowest BCUT2D eigenvalue weighted by Gasteiger charge is -2.31. The van der Waals surface area contributed by atoms with Gasteiger partial charge in [0.05, 0.1) is 12.3 Å². The number of rotatable bonds is 3. The van der Waals surface area contributed by atoms with Crippen molar-refractivity contribution in [2.24, 2.45) is 5.16 Å². The number of benzene rings is 1. The lowest BCUT2D eigenvalue weighted by atomic mass is 9.99. The molecule has 0 aliphatic carbocycles. The first-order chi connectivity index (χ1) is 10.2. The first-order valence-electron chi connectivity index (χ1n) is 7.14. The monoisotopic (exact) mass is 285 g/mol. The maximum absolute atomic E-state index is 9.14. The van der Waals surface area contributed by atoms with Crippen LogP contribution < -0.4 is 4.90 Å². The van der Waals surface area contributed by atoms with Crippen molar-refractivity contribution in [1.29, 1.82) is 0 Å². The van der Waals surface area contributed by atoms with Gasteiger partial charge in [-0.2, -0.15) is 5.10 Å². The largest absolute Gasteiger partial charge is 0.411 e. The maximum Gasteiger partial charge on any atom is 0.146 e. The quantitative estimate of drug-likeness (QED) is 0.695. The number of para-hydroxylation sites is 1. The normalized spacial score (nSPS) is 16.5. The van der Waals surface area contributed by atoms with Gasteiger partial charge in [-0.1, -0.05) is 23.4 Å². The summed E-state index contributed by atoms with van der Waals surface area (Å²) in [5, 5.41) is 16.8. The number of oxime groups is 1. The average Bonchev–Trinajstić information content (AvgIpc) is 2.96. The van der Waals surface area contributed by atoms with Crippen molar-refractivity contribution < 1.29 is 5.21 Å². The van der Waals surface area contributed by atoms with Crippen molar-refractivity contribution in [3.05, 3.63) is 42.0 Å². The minimum absolute atomic E-state index is 0.289. The van der Waals surface area contributed by atoms with Crippen LogP contribution in [0.3, 0.4) is 0 Å². The molecule has 0 amide bonds. The molecule has 3 rings (SSSR count). The summed E-state index contributed by atoms with van der Waals surface area (Å²) < 4.78 is 1.94. The van der Waals surface area contributed by atoms with Gasteiger partial charge in [0, 0.05) is 30.3 Å². The second-order valence-electron chi connectivity index (χ2n) is 5.45. The Balaban J connectivity index is 1.92. The van der Waals surface area contributed by atoms with Crippen LogP contribution in [0.15, 0.2) is 35.7 Å². The van der Waals surface area contributed by atoms with Crippen LogP contribution in [0.4, 0.5) is 5.69 Å². The molecule has 1 aliphatic heterocycles. The van der Waals surface area contributed by atoms with E-state index in [9.17, 15) is 0 Å². The Hall–Kier alpha value is -2.37. The highest BCUT2D eigenvalue weighted by molar-refractivity contribution is 6.06. The predicted octanol–water partition coefficient (Wildman–Crippen LogP) is 2.45. The van der Waals surface area contributed by atoms with Crippen LogP contribution in [0.5, 0.6) is 0 Å². The Kier molecular flexibility index (Phi) is 3.60. The molecule has 2 heterocycles. The molecule has 0 fully saturated rings. The lowest BCUT2D eigenvalue weighted by molar-refractivity contribution is 0.317. The Bertz CT molecular complexity index is 662. The summed E-state index contributed by atoms with van der Waals surface area (Å²) in [6.07, 6.45) is 2.33. The van der Waals surface area contributed by atoms with E-state index in [4.69, 9.17) is 5.21 Å². The molecule has 1 N–H and O–H groups in total. The van der Waals surface area contributed by atoms with Crippen molar-refractivity contribution in [1.82, 2.24) is 14.8 Å². The van der Waals surface area contributed by atoms with E-state index in [1.807, 2.05) is 22.9 Å². The van der Waals surface area contributed by atoms with E-state index in [1.54, 1.807) is 6.33 Å². The fourth-order valence-electron chi connectivity index (χ4n) is 2.75. The zero-order valence-corrected chi connectivity index (χ0v) is 12.3. The van der Waals surface area contributed by atoms with Gasteiger partial charge in [-0.05, 0) is 19.9 Å². The molecule has 0 bridgehead atoms. The molecule has 21 heavy (non-hydrogen) atoms. The van der Waals surface area contributed by atoms with Gasteiger partial charge in [-0.25, -0.2) is 9.67 Å². The van der Waals surface area contributed by atoms with Crippen LogP contribution in [-0.4, -0.2) is 32.2 Å². The third kappa shape index (κ3) is 2.49. The molecule has 110 valence electrons. The van der Waals surface area contributed by atoms with Crippen LogP contribution in [0.2, 0.25) is 0 Å². The molecular formula is C15H19N5O. The van der Waals surface area contributed by atoms with Gasteiger partial charge in [0.2, 0.25) is 0 Å². The van der Waals surface area contributed by atoms with Gasteiger partial charge in [-0.15, -0.1) is 0 Å². The Morgan fingerprint density at radius 3 is 2.90 bits per heavy atom. The van der Waals surface area contributed by atoms with Crippen molar-refractivity contribution in [2.75, 3.05) is 11.4 Å². The molecule has 0 radical (unpaired) electrons. The van der Waals surface area contributed by atoms with Gasteiger partial charge in [-0.3, -0.25) is 0 Å². The Morgan fingerprint density at radius 1 is 1.33 bits per heavy atom. The molecule has 1 aliphatic rings. The van der Waals surface area contributed by atoms with Crippen molar-refractivity contribution in [3.63, 3.8) is 0 Å². The Labute approximate surface area is 123 Å². The van der Waals surface area contributed by atoms with Gasteiger partial charge in [0.25, 0.3) is 0 Å². The zero-order chi connectivity index (χ0) is 14.8. The summed E-state index contributed by atoms with van der Waals surface area (Å²) in [6.45, 7) is 5.70. The van der Waals surface area contributed by atoms with E-state index in [2.05, 4.69) is 40.1 Å². The molecule has 0 saturated carbocycles. The number of fused-ring (bicyclic) bond motifs is 1. The van der Waals surface area contributed by atoms with Gasteiger partial charge in [0.1, 0.15) is 12.2 Å². The van der Waals surface area contributed by atoms with Gasteiger partial charge < -0.3 is 10.1 Å². The minimum atomic E-state index is 0.289. The second-order valence-corrected chi connectivity index (χ2v) is 5.45. The van der Waals surface area contributed by atoms with Crippen LogP contribution in [-0.2, 0) is 6.54 Å². The summed E-state index contributed by atoms with van der Waals surface area (Å²) in [5.41, 5.74) is 2.81. The lowest BCUT2D eigenvalue weighted by Crippen LogP contribution is -2.33. The standard InChI is InChI=1S/C15H19N5O/c1-11(2)20-15(16-10-17-20)9-19-8-7-13(18-21)12-5-3-4-6-14(12)19/h3-6,10-11,21H,7-9H2,1-2H3. The van der Waals surface area contributed by atoms with E-state index in [1.165, 1.54) is 0 Å². The topological polar surface area (TPSA) is 66.5 Å². The summed E-state index contributed by atoms with van der Waals surface area (Å²) in [7, 11) is 0. The fraction of sp³-hybridized carbons (Fsp3) is 0.400. The molecule has 2 aromatic rings. The fourth-order valence-corrected chi connectivity index (χ4v) is 2.75. The summed E-state index contributed by atoms with van der Waals surface area (Å²) >= 11 is 0. The first-order valence-corrected chi connectivity index (χ1v) is 7.14. The molecule has 1 aromatic carbocycles. The molecule has 6 heteroatoms. The van der Waals surface area contributed by atoms with E-state index >= 15 is 0 Å². The number of hydrogen-bond donors (Lipinski definition) is 1. The van der Waals surface area contributed by atoms with Crippen LogP contribution in [0.25, 0.3) is 0 Å². The summed E-state index contributed by atoms with van der Waals surface area (Å²) in [4.78, 5) is 6.63. The Morgan fingerprint density at radius 2 is 2.14 bits per heavy atom. The maximum atomic E-state index is 9.14. The van der Waals surface area contributed by atoms with Crippen molar-refractivity contribution >= 4 is 11.4 Å². The molecule has 0 atom stereocenters.